The van der Waals surface area contributed by atoms with Crippen molar-refractivity contribution in [1.29, 1.82) is 0 Å². The Balaban J connectivity index is 1.83. The number of benzene rings is 1. The zero-order chi connectivity index (χ0) is 16.7. The number of rotatable bonds is 8. The molecule has 0 amide bonds. The molecule has 1 aliphatic heterocycles. The van der Waals surface area contributed by atoms with Crippen LogP contribution in [0, 0.1) is 0 Å². The first kappa shape index (κ1) is 17.7. The van der Waals surface area contributed by atoms with Gasteiger partial charge in [-0.25, -0.2) is 0 Å². The Morgan fingerprint density at radius 3 is 2.70 bits per heavy atom. The summed E-state index contributed by atoms with van der Waals surface area (Å²) < 4.78 is 5.91. The van der Waals surface area contributed by atoms with Crippen LogP contribution in [0.2, 0.25) is 0 Å². The molecular weight excluding hydrogens is 294 g/mol. The van der Waals surface area contributed by atoms with Crippen molar-refractivity contribution in [2.75, 3.05) is 46.4 Å². The number of para-hydroxylation sites is 1. The van der Waals surface area contributed by atoms with E-state index in [9.17, 15) is 4.79 Å². The molecule has 0 radical (unpaired) electrons. The van der Waals surface area contributed by atoms with Crippen molar-refractivity contribution in [3.05, 3.63) is 29.8 Å². The molecule has 0 saturated carbocycles. The van der Waals surface area contributed by atoms with Gasteiger partial charge < -0.3 is 20.5 Å². The molecule has 6 heteroatoms. The highest BCUT2D eigenvalue weighted by molar-refractivity contribution is 5.66. The summed E-state index contributed by atoms with van der Waals surface area (Å²) in [4.78, 5) is 15.4. The molecule has 23 heavy (non-hydrogen) atoms. The maximum Gasteiger partial charge on any atom is 0.303 e. The van der Waals surface area contributed by atoms with Crippen LogP contribution in [0.4, 0.5) is 0 Å². The largest absolute Gasteiger partial charge is 0.492 e. The number of aliphatic carboxylic acids is 1. The van der Waals surface area contributed by atoms with E-state index in [0.29, 0.717) is 13.0 Å². The van der Waals surface area contributed by atoms with E-state index in [2.05, 4.69) is 16.8 Å². The minimum absolute atomic E-state index is 0.0663. The molecule has 0 unspecified atom stereocenters. The van der Waals surface area contributed by atoms with Crippen LogP contribution in [-0.2, 0) is 4.79 Å². The number of carbonyl (C=O) groups is 1. The second kappa shape index (κ2) is 8.86. The van der Waals surface area contributed by atoms with Gasteiger partial charge in [0.1, 0.15) is 12.4 Å². The van der Waals surface area contributed by atoms with Gasteiger partial charge in [-0.05, 0) is 19.5 Å². The molecule has 2 rings (SSSR count). The summed E-state index contributed by atoms with van der Waals surface area (Å²) in [5.74, 6) is -0.0616. The summed E-state index contributed by atoms with van der Waals surface area (Å²) in [5, 5.41) is 8.79. The lowest BCUT2D eigenvalue weighted by atomic mass is 10.0. The van der Waals surface area contributed by atoms with Gasteiger partial charge in [-0.1, -0.05) is 18.2 Å². The van der Waals surface area contributed by atoms with E-state index in [0.717, 1.165) is 44.0 Å². The standard InChI is InChI=1S/C17H27N3O3/c1-19-8-10-20(11-9-19)12-13-23-16-5-3-2-4-14(16)15(18)6-7-17(21)22/h2-5,15H,6-13,18H2,1H3,(H,21,22)/t15-/m1/s1. The Morgan fingerprint density at radius 2 is 2.00 bits per heavy atom. The van der Waals surface area contributed by atoms with Crippen LogP contribution in [0.3, 0.4) is 0 Å². The molecule has 0 aliphatic carbocycles. The van der Waals surface area contributed by atoms with Crippen molar-refractivity contribution >= 4 is 5.97 Å². The van der Waals surface area contributed by atoms with Crippen molar-refractivity contribution in [3.8, 4) is 5.75 Å². The van der Waals surface area contributed by atoms with Crippen molar-refractivity contribution in [2.24, 2.45) is 5.73 Å². The Morgan fingerprint density at radius 1 is 1.30 bits per heavy atom. The molecule has 128 valence electrons. The Hall–Kier alpha value is -1.63. The fourth-order valence-corrected chi connectivity index (χ4v) is 2.71. The van der Waals surface area contributed by atoms with E-state index >= 15 is 0 Å². The highest BCUT2D eigenvalue weighted by Gasteiger charge is 2.15. The van der Waals surface area contributed by atoms with Crippen LogP contribution in [0.5, 0.6) is 5.75 Å². The minimum Gasteiger partial charge on any atom is -0.492 e. The zero-order valence-corrected chi connectivity index (χ0v) is 13.8. The molecule has 1 aromatic rings. The monoisotopic (exact) mass is 321 g/mol. The van der Waals surface area contributed by atoms with Gasteiger partial charge in [0.05, 0.1) is 0 Å². The van der Waals surface area contributed by atoms with E-state index in [1.807, 2.05) is 24.3 Å². The lowest BCUT2D eigenvalue weighted by molar-refractivity contribution is -0.137. The van der Waals surface area contributed by atoms with Gasteiger partial charge in [0.25, 0.3) is 0 Å². The smallest absolute Gasteiger partial charge is 0.303 e. The van der Waals surface area contributed by atoms with Crippen LogP contribution in [0.25, 0.3) is 0 Å². The molecular formula is C17H27N3O3. The number of carboxylic acid groups (broad SMARTS) is 1. The predicted octanol–water partition coefficient (Wildman–Crippen LogP) is 1.18. The molecule has 0 bridgehead atoms. The normalized spacial score (nSPS) is 17.8. The SMILES string of the molecule is CN1CCN(CCOc2ccccc2[C@H](N)CCC(=O)O)CC1. The van der Waals surface area contributed by atoms with E-state index in [-0.39, 0.29) is 12.5 Å². The van der Waals surface area contributed by atoms with Crippen molar-refractivity contribution in [3.63, 3.8) is 0 Å². The summed E-state index contributed by atoms with van der Waals surface area (Å²) in [7, 11) is 2.14. The molecule has 3 N–H and O–H groups in total. The van der Waals surface area contributed by atoms with Gasteiger partial charge in [0.2, 0.25) is 0 Å². The zero-order valence-electron chi connectivity index (χ0n) is 13.8. The van der Waals surface area contributed by atoms with Gasteiger partial charge in [0.15, 0.2) is 0 Å². The van der Waals surface area contributed by atoms with Gasteiger partial charge in [-0.15, -0.1) is 0 Å². The van der Waals surface area contributed by atoms with E-state index in [1.54, 1.807) is 0 Å². The third-order valence-corrected chi connectivity index (χ3v) is 4.25. The second-order valence-electron chi connectivity index (χ2n) is 6.07. The number of hydrogen-bond acceptors (Lipinski definition) is 5. The molecule has 0 aromatic heterocycles. The minimum atomic E-state index is -0.825. The average Bonchev–Trinajstić information content (AvgIpc) is 2.55. The first-order valence-corrected chi connectivity index (χ1v) is 8.16. The van der Waals surface area contributed by atoms with Crippen molar-refractivity contribution in [1.82, 2.24) is 9.80 Å². The van der Waals surface area contributed by atoms with Gasteiger partial charge in [-0.3, -0.25) is 9.69 Å². The summed E-state index contributed by atoms with van der Waals surface area (Å²) in [6.45, 7) is 5.84. The number of hydrogen-bond donors (Lipinski definition) is 2. The summed E-state index contributed by atoms with van der Waals surface area (Å²) in [5.41, 5.74) is 7.00. The average molecular weight is 321 g/mol. The number of piperazine rings is 1. The van der Waals surface area contributed by atoms with Gasteiger partial charge in [0, 0.05) is 50.7 Å². The van der Waals surface area contributed by atoms with Crippen LogP contribution in [0.15, 0.2) is 24.3 Å². The highest BCUT2D eigenvalue weighted by Crippen LogP contribution is 2.26. The van der Waals surface area contributed by atoms with E-state index in [1.165, 1.54) is 0 Å². The Bertz CT molecular complexity index is 502. The van der Waals surface area contributed by atoms with Gasteiger partial charge >= 0.3 is 5.97 Å². The van der Waals surface area contributed by atoms with Crippen molar-refractivity contribution in [2.45, 2.75) is 18.9 Å². The molecule has 1 heterocycles. The number of carboxylic acids is 1. The Labute approximate surface area is 137 Å². The van der Waals surface area contributed by atoms with E-state index in [4.69, 9.17) is 15.6 Å². The first-order chi connectivity index (χ1) is 11.1. The third-order valence-electron chi connectivity index (χ3n) is 4.25. The van der Waals surface area contributed by atoms with Crippen LogP contribution < -0.4 is 10.5 Å². The molecule has 0 spiro atoms. The summed E-state index contributed by atoms with van der Waals surface area (Å²) >= 11 is 0. The third kappa shape index (κ3) is 5.82. The molecule has 6 nitrogen and oxygen atoms in total. The lowest BCUT2D eigenvalue weighted by Gasteiger charge is -2.32. The fourth-order valence-electron chi connectivity index (χ4n) is 2.71. The summed E-state index contributed by atoms with van der Waals surface area (Å²) in [6.07, 6.45) is 0.477. The molecule has 1 saturated heterocycles. The van der Waals surface area contributed by atoms with Crippen LogP contribution >= 0.6 is 0 Å². The number of likely N-dealkylation sites (N-methyl/N-ethyl adjacent to an activating group) is 1. The highest BCUT2D eigenvalue weighted by atomic mass is 16.5. The van der Waals surface area contributed by atoms with Crippen molar-refractivity contribution < 1.29 is 14.6 Å². The van der Waals surface area contributed by atoms with Crippen LogP contribution in [-0.4, -0.2) is 67.3 Å². The Kier molecular flexibility index (Phi) is 6.83. The maximum atomic E-state index is 10.7. The molecule has 1 aliphatic rings. The number of nitrogens with zero attached hydrogens (tertiary/aromatic N) is 2. The quantitative estimate of drug-likeness (QED) is 0.748. The topological polar surface area (TPSA) is 79.0 Å². The molecule has 1 atom stereocenters. The second-order valence-corrected chi connectivity index (χ2v) is 6.07. The molecule has 1 aromatic carbocycles. The lowest BCUT2D eigenvalue weighted by Crippen LogP contribution is -2.45. The van der Waals surface area contributed by atoms with Crippen LogP contribution in [0.1, 0.15) is 24.4 Å². The number of ether oxygens (including phenoxy) is 1. The molecule has 1 fully saturated rings. The van der Waals surface area contributed by atoms with Gasteiger partial charge in [-0.2, -0.15) is 0 Å². The fraction of sp³-hybridized carbons (Fsp3) is 0.588. The first-order valence-electron chi connectivity index (χ1n) is 8.16. The number of nitrogens with two attached hydrogens (primary N) is 1. The maximum absolute atomic E-state index is 10.7. The predicted molar refractivity (Wildman–Crippen MR) is 89.7 cm³/mol. The summed E-state index contributed by atoms with van der Waals surface area (Å²) in [6, 6.07) is 7.32. The van der Waals surface area contributed by atoms with E-state index < -0.39 is 5.97 Å².